The third-order valence-corrected chi connectivity index (χ3v) is 5.33. The second kappa shape index (κ2) is 9.91. The molecule has 2 aromatic heterocycles. The predicted octanol–water partition coefficient (Wildman–Crippen LogP) is 4.30. The van der Waals surface area contributed by atoms with Gasteiger partial charge < -0.3 is 5.73 Å². The lowest BCUT2D eigenvalue weighted by Gasteiger charge is -2.20. The maximum Gasteiger partial charge on any atom is 0.124 e. The number of benzene rings is 1. The van der Waals surface area contributed by atoms with Gasteiger partial charge in [0.15, 0.2) is 0 Å². The van der Waals surface area contributed by atoms with E-state index in [0.717, 1.165) is 36.8 Å². The molecule has 24 heavy (non-hydrogen) atoms. The van der Waals surface area contributed by atoms with E-state index in [0.29, 0.717) is 6.54 Å². The molecule has 3 rings (SSSR count). The maximum absolute atomic E-state index is 5.78. The normalized spacial score (nSPS) is 10.8. The van der Waals surface area contributed by atoms with Crippen molar-refractivity contribution in [3.8, 4) is 10.6 Å². The summed E-state index contributed by atoms with van der Waals surface area (Å²) in [6.45, 7) is 3.45. The second-order valence-corrected chi connectivity index (χ2v) is 7.09. The highest BCUT2D eigenvalue weighted by molar-refractivity contribution is 7.14. The summed E-state index contributed by atoms with van der Waals surface area (Å²) in [6.07, 6.45) is 1.04. The van der Waals surface area contributed by atoms with E-state index in [4.69, 9.17) is 10.7 Å². The molecule has 1 aromatic carbocycles. The fourth-order valence-electron chi connectivity index (χ4n) is 2.51. The molecule has 128 valence electrons. The quantitative estimate of drug-likeness (QED) is 0.634. The minimum atomic E-state index is 0. The number of rotatable bonds is 8. The van der Waals surface area contributed by atoms with Crippen LogP contribution in [-0.4, -0.2) is 29.5 Å². The number of halogens is 1. The van der Waals surface area contributed by atoms with E-state index >= 15 is 0 Å². The van der Waals surface area contributed by atoms with Gasteiger partial charge in [-0.1, -0.05) is 30.3 Å². The largest absolute Gasteiger partial charge is 0.329 e. The number of nitrogens with two attached hydrogens (primary N) is 1. The first-order valence-electron chi connectivity index (χ1n) is 7.78. The Morgan fingerprint density at radius 1 is 1.04 bits per heavy atom. The third kappa shape index (κ3) is 5.40. The number of hydrogen-bond acceptors (Lipinski definition) is 5. The van der Waals surface area contributed by atoms with Gasteiger partial charge in [0.1, 0.15) is 5.01 Å². The average Bonchev–Trinajstić information content (AvgIpc) is 3.25. The Morgan fingerprint density at radius 3 is 2.58 bits per heavy atom. The summed E-state index contributed by atoms with van der Waals surface area (Å²) in [5.41, 5.74) is 9.50. The highest BCUT2D eigenvalue weighted by Gasteiger charge is 2.10. The van der Waals surface area contributed by atoms with Crippen molar-refractivity contribution in [3.63, 3.8) is 0 Å². The Kier molecular flexibility index (Phi) is 7.88. The SMILES string of the molecule is Cl.NCCN(CCc1ccccc1)Cc1csc(-c2ccsc2)n1. The van der Waals surface area contributed by atoms with Crippen molar-refractivity contribution < 1.29 is 0 Å². The first-order valence-corrected chi connectivity index (χ1v) is 9.60. The molecular formula is C18H22ClN3S2. The highest BCUT2D eigenvalue weighted by atomic mass is 35.5. The molecule has 0 fully saturated rings. The van der Waals surface area contributed by atoms with Gasteiger partial charge in [0.2, 0.25) is 0 Å². The molecule has 0 saturated heterocycles. The van der Waals surface area contributed by atoms with E-state index in [9.17, 15) is 0 Å². The first-order chi connectivity index (χ1) is 11.3. The lowest BCUT2D eigenvalue weighted by Crippen LogP contribution is -2.31. The molecule has 0 aliphatic carbocycles. The van der Waals surface area contributed by atoms with E-state index in [2.05, 4.69) is 57.4 Å². The molecule has 0 bridgehead atoms. The molecule has 0 radical (unpaired) electrons. The predicted molar refractivity (Wildman–Crippen MR) is 107 cm³/mol. The molecule has 0 amide bonds. The van der Waals surface area contributed by atoms with E-state index in [1.807, 2.05) is 0 Å². The van der Waals surface area contributed by atoms with Crippen LogP contribution in [0.1, 0.15) is 11.3 Å². The number of aromatic nitrogens is 1. The van der Waals surface area contributed by atoms with Gasteiger partial charge in [-0.25, -0.2) is 4.98 Å². The molecule has 2 heterocycles. The minimum absolute atomic E-state index is 0. The molecule has 3 nitrogen and oxygen atoms in total. The van der Waals surface area contributed by atoms with Crippen molar-refractivity contribution >= 4 is 35.1 Å². The second-order valence-electron chi connectivity index (χ2n) is 5.46. The first kappa shape index (κ1) is 19.1. The Morgan fingerprint density at radius 2 is 1.88 bits per heavy atom. The molecule has 0 atom stereocenters. The lowest BCUT2D eigenvalue weighted by atomic mass is 10.1. The zero-order chi connectivity index (χ0) is 15.9. The zero-order valence-corrected chi connectivity index (χ0v) is 15.9. The van der Waals surface area contributed by atoms with Crippen LogP contribution in [0.2, 0.25) is 0 Å². The lowest BCUT2D eigenvalue weighted by molar-refractivity contribution is 0.274. The number of hydrogen-bond donors (Lipinski definition) is 1. The summed E-state index contributed by atoms with van der Waals surface area (Å²) in [6, 6.07) is 12.7. The van der Waals surface area contributed by atoms with E-state index in [-0.39, 0.29) is 12.4 Å². The maximum atomic E-state index is 5.78. The molecule has 6 heteroatoms. The Bertz CT molecular complexity index is 698. The van der Waals surface area contributed by atoms with Gasteiger partial charge in [0.25, 0.3) is 0 Å². The third-order valence-electron chi connectivity index (χ3n) is 3.71. The van der Waals surface area contributed by atoms with E-state index < -0.39 is 0 Å². The van der Waals surface area contributed by atoms with Crippen molar-refractivity contribution in [1.82, 2.24) is 9.88 Å². The Labute approximate surface area is 157 Å². The van der Waals surface area contributed by atoms with Crippen molar-refractivity contribution in [2.24, 2.45) is 5.73 Å². The smallest absolute Gasteiger partial charge is 0.124 e. The van der Waals surface area contributed by atoms with Crippen molar-refractivity contribution in [2.45, 2.75) is 13.0 Å². The summed E-state index contributed by atoms with van der Waals surface area (Å²) in [5, 5.41) is 7.52. The fraction of sp³-hybridized carbons (Fsp3) is 0.278. The van der Waals surface area contributed by atoms with Gasteiger partial charge in [-0.05, 0) is 23.4 Å². The van der Waals surface area contributed by atoms with Crippen LogP contribution in [0, 0.1) is 0 Å². The van der Waals surface area contributed by atoms with Crippen LogP contribution in [-0.2, 0) is 13.0 Å². The molecule has 0 aliphatic heterocycles. The standard InChI is InChI=1S/C18H21N3S2.ClH/c19-8-10-21(9-6-15-4-2-1-3-5-15)12-17-14-23-18(20-17)16-7-11-22-13-16;/h1-5,7,11,13-14H,6,8-10,12,19H2;1H. The molecule has 0 unspecified atom stereocenters. The Hall–Kier alpha value is -1.24. The molecule has 3 aromatic rings. The van der Waals surface area contributed by atoms with Gasteiger partial charge in [-0.2, -0.15) is 11.3 Å². The number of nitrogens with zero attached hydrogens (tertiary/aromatic N) is 2. The fourth-order valence-corrected chi connectivity index (χ4v) is 4.03. The van der Waals surface area contributed by atoms with Crippen LogP contribution in [0.25, 0.3) is 10.6 Å². The summed E-state index contributed by atoms with van der Waals surface area (Å²) in [7, 11) is 0. The summed E-state index contributed by atoms with van der Waals surface area (Å²) >= 11 is 3.43. The van der Waals surface area contributed by atoms with Crippen molar-refractivity contribution in [3.05, 3.63) is 63.8 Å². The van der Waals surface area contributed by atoms with Crippen LogP contribution in [0.3, 0.4) is 0 Å². The Balaban J connectivity index is 0.00000208. The minimum Gasteiger partial charge on any atom is -0.329 e. The van der Waals surface area contributed by atoms with Crippen molar-refractivity contribution in [2.75, 3.05) is 19.6 Å². The average molecular weight is 380 g/mol. The molecule has 0 saturated carbocycles. The number of thiophene rings is 1. The van der Waals surface area contributed by atoms with Gasteiger partial charge in [-0.15, -0.1) is 23.7 Å². The summed E-state index contributed by atoms with van der Waals surface area (Å²) in [4.78, 5) is 7.16. The van der Waals surface area contributed by atoms with Gasteiger partial charge in [-0.3, -0.25) is 4.90 Å². The van der Waals surface area contributed by atoms with Crippen LogP contribution < -0.4 is 5.73 Å². The topological polar surface area (TPSA) is 42.1 Å². The molecular weight excluding hydrogens is 358 g/mol. The highest BCUT2D eigenvalue weighted by Crippen LogP contribution is 2.26. The van der Waals surface area contributed by atoms with Gasteiger partial charge in [0.05, 0.1) is 5.69 Å². The summed E-state index contributed by atoms with van der Waals surface area (Å²) in [5.74, 6) is 0. The molecule has 0 spiro atoms. The van der Waals surface area contributed by atoms with Crippen molar-refractivity contribution in [1.29, 1.82) is 0 Å². The molecule has 2 N–H and O–H groups in total. The van der Waals surface area contributed by atoms with Crippen LogP contribution in [0.4, 0.5) is 0 Å². The molecule has 0 aliphatic rings. The summed E-state index contributed by atoms with van der Waals surface area (Å²) < 4.78 is 0. The van der Waals surface area contributed by atoms with E-state index in [1.54, 1.807) is 22.7 Å². The van der Waals surface area contributed by atoms with Crippen LogP contribution in [0.15, 0.2) is 52.5 Å². The van der Waals surface area contributed by atoms with Gasteiger partial charge in [0, 0.05) is 42.5 Å². The van der Waals surface area contributed by atoms with Crippen LogP contribution in [0.5, 0.6) is 0 Å². The van der Waals surface area contributed by atoms with E-state index in [1.165, 1.54) is 11.1 Å². The monoisotopic (exact) mass is 379 g/mol. The number of thiazole rings is 1. The van der Waals surface area contributed by atoms with Crippen LogP contribution >= 0.6 is 35.1 Å². The van der Waals surface area contributed by atoms with Gasteiger partial charge >= 0.3 is 0 Å². The zero-order valence-electron chi connectivity index (χ0n) is 13.4.